The lowest BCUT2D eigenvalue weighted by Crippen LogP contribution is -2.26. The lowest BCUT2D eigenvalue weighted by Gasteiger charge is -2.20. The number of carbonyl (C=O) groups is 2. The van der Waals surface area contributed by atoms with Crippen molar-refractivity contribution in [2.45, 2.75) is 25.7 Å². The quantitative estimate of drug-likeness (QED) is 0.0755. The van der Waals surface area contributed by atoms with Crippen LogP contribution in [0.1, 0.15) is 31.2 Å². The summed E-state index contributed by atoms with van der Waals surface area (Å²) >= 11 is 0. The molecule has 1 amide bonds. The van der Waals surface area contributed by atoms with Crippen LogP contribution in [0, 0.1) is 23.2 Å². The van der Waals surface area contributed by atoms with Crippen molar-refractivity contribution in [3.8, 4) is 11.3 Å². The third kappa shape index (κ3) is 4.86. The molecular formula is C28H28N6O4. The van der Waals surface area contributed by atoms with E-state index in [0.29, 0.717) is 52.2 Å². The van der Waals surface area contributed by atoms with E-state index in [4.69, 9.17) is 21.1 Å². The number of hydrogen-bond acceptors (Lipinski definition) is 6. The maximum Gasteiger partial charge on any atom is 0.335 e. The summed E-state index contributed by atoms with van der Waals surface area (Å²) in [5, 5.41) is 25.6. The van der Waals surface area contributed by atoms with Crippen molar-refractivity contribution in [3.63, 3.8) is 0 Å². The number of fused-ring (bicyclic) bond motifs is 3. The largest absolute Gasteiger partial charge is 0.478 e. The summed E-state index contributed by atoms with van der Waals surface area (Å²) in [5.41, 5.74) is 17.4. The molecule has 5 N–H and O–H groups in total. The van der Waals surface area contributed by atoms with Gasteiger partial charge in [-0.15, -0.1) is 0 Å². The number of carbonyl (C=O) groups excluding carboxylic acids is 1. The molecule has 1 aromatic carbocycles. The summed E-state index contributed by atoms with van der Waals surface area (Å²) in [6, 6.07) is 10.3. The fraction of sp³-hybridized carbons (Fsp3) is 0.321. The number of unbranched alkanes of at least 4 members (excludes halogenated alkanes) is 3. The number of aliphatic carboxylic acids is 1. The van der Waals surface area contributed by atoms with Crippen LogP contribution in [0.4, 0.5) is 5.69 Å². The Morgan fingerprint density at radius 2 is 1.89 bits per heavy atom. The predicted octanol–water partition coefficient (Wildman–Crippen LogP) is 4.86. The highest BCUT2D eigenvalue weighted by Crippen LogP contribution is 2.55. The van der Waals surface area contributed by atoms with E-state index in [1.807, 2.05) is 12.1 Å². The van der Waals surface area contributed by atoms with Crippen LogP contribution in [0.2, 0.25) is 0 Å². The molecule has 0 saturated heterocycles. The van der Waals surface area contributed by atoms with Crippen molar-refractivity contribution in [1.29, 1.82) is 5.41 Å². The standard InChI is InChI=1S/C28H28N6O4/c29-15-5-7-17-23(11-15)38-24-12-16(30)6-8-18(24)25(17)21-13-19-20(14-22(21)28(36)37)26(19)27(35)32-9-3-1-2-4-10-33-34-31/h5-8,11-14,19-20,26,29H,1-4,9-10,30H2,(H,32,35)(H,36,37). The molecule has 1 fully saturated rings. The lowest BCUT2D eigenvalue weighted by molar-refractivity contribution is -0.132. The highest BCUT2D eigenvalue weighted by molar-refractivity contribution is 6.13. The molecule has 3 unspecified atom stereocenters. The summed E-state index contributed by atoms with van der Waals surface area (Å²) in [4.78, 5) is 28.1. The molecule has 10 nitrogen and oxygen atoms in total. The van der Waals surface area contributed by atoms with Crippen LogP contribution in [-0.2, 0) is 9.59 Å². The summed E-state index contributed by atoms with van der Waals surface area (Å²) in [7, 11) is 0. The maximum atomic E-state index is 12.9. The second kappa shape index (κ2) is 10.4. The monoisotopic (exact) mass is 512 g/mol. The number of benzene rings is 2. The highest BCUT2D eigenvalue weighted by atomic mass is 16.4. The van der Waals surface area contributed by atoms with E-state index in [1.54, 1.807) is 36.4 Å². The molecule has 0 spiro atoms. The first-order valence-electron chi connectivity index (χ1n) is 12.7. The fourth-order valence-corrected chi connectivity index (χ4v) is 5.34. The number of nitrogen functional groups attached to an aromatic ring is 1. The number of anilines is 1. The summed E-state index contributed by atoms with van der Waals surface area (Å²) < 4.78 is 6.04. The van der Waals surface area contributed by atoms with E-state index in [0.717, 1.165) is 25.7 Å². The normalized spacial score (nSPS) is 19.7. The topological polar surface area (TPSA) is 178 Å². The maximum absolute atomic E-state index is 12.9. The molecule has 1 aliphatic heterocycles. The van der Waals surface area contributed by atoms with E-state index in [2.05, 4.69) is 15.3 Å². The van der Waals surface area contributed by atoms with Crippen LogP contribution in [-0.4, -0.2) is 30.1 Å². The van der Waals surface area contributed by atoms with Crippen LogP contribution in [0.3, 0.4) is 0 Å². The third-order valence-corrected chi connectivity index (χ3v) is 7.24. The van der Waals surface area contributed by atoms with Crippen molar-refractivity contribution in [2.24, 2.45) is 22.9 Å². The van der Waals surface area contributed by atoms with Crippen molar-refractivity contribution < 1.29 is 19.1 Å². The van der Waals surface area contributed by atoms with Gasteiger partial charge in [0.25, 0.3) is 0 Å². The molecule has 4 aliphatic rings. The van der Waals surface area contributed by atoms with Gasteiger partial charge in [0.1, 0.15) is 11.3 Å². The van der Waals surface area contributed by atoms with Crippen LogP contribution in [0.25, 0.3) is 38.3 Å². The Morgan fingerprint density at radius 1 is 1.11 bits per heavy atom. The molecular weight excluding hydrogens is 484 g/mol. The molecule has 3 atom stereocenters. The van der Waals surface area contributed by atoms with E-state index in [-0.39, 0.29) is 34.6 Å². The second-order valence-electron chi connectivity index (χ2n) is 9.75. The summed E-state index contributed by atoms with van der Waals surface area (Å²) in [6.45, 7) is 1.04. The van der Waals surface area contributed by atoms with Crippen LogP contribution >= 0.6 is 0 Å². The molecule has 5 rings (SSSR count). The molecule has 1 heterocycles. The number of nitrogens with zero attached hydrogens (tertiary/aromatic N) is 3. The van der Waals surface area contributed by atoms with Crippen molar-refractivity contribution in [1.82, 2.24) is 5.32 Å². The molecule has 3 aliphatic carbocycles. The summed E-state index contributed by atoms with van der Waals surface area (Å²) in [6.07, 6.45) is 7.13. The second-order valence-corrected chi connectivity index (χ2v) is 9.75. The molecule has 194 valence electrons. The van der Waals surface area contributed by atoms with E-state index < -0.39 is 5.97 Å². The first-order chi connectivity index (χ1) is 18.4. The van der Waals surface area contributed by atoms with Gasteiger partial charge >= 0.3 is 5.97 Å². The first-order valence-corrected chi connectivity index (χ1v) is 12.7. The minimum atomic E-state index is -1.06. The molecule has 1 saturated carbocycles. The van der Waals surface area contributed by atoms with Gasteiger partial charge < -0.3 is 26.0 Å². The van der Waals surface area contributed by atoms with Gasteiger partial charge in [0.05, 0.1) is 16.8 Å². The summed E-state index contributed by atoms with van der Waals surface area (Å²) in [5.74, 6) is -1.23. The van der Waals surface area contributed by atoms with Crippen molar-refractivity contribution in [3.05, 3.63) is 75.5 Å². The van der Waals surface area contributed by atoms with Gasteiger partial charge in [-0.3, -0.25) is 4.79 Å². The van der Waals surface area contributed by atoms with Gasteiger partial charge in [-0.05, 0) is 60.0 Å². The zero-order valence-corrected chi connectivity index (χ0v) is 20.7. The van der Waals surface area contributed by atoms with E-state index in [9.17, 15) is 14.7 Å². The van der Waals surface area contributed by atoms with Crippen molar-refractivity contribution in [2.75, 3.05) is 18.8 Å². The SMILES string of the molecule is [N-]=[N+]=NCCCCCCNC(=O)C1C2C=C(C(=O)O)C(c3c4ccc(=N)cc-4oc4cc(N)ccc34)=CC21. The first kappa shape index (κ1) is 25.1. The zero-order valence-electron chi connectivity index (χ0n) is 20.7. The molecule has 1 aromatic rings. The number of hydrogen-bond donors (Lipinski definition) is 4. The Hall–Kier alpha value is -4.56. The molecule has 38 heavy (non-hydrogen) atoms. The molecule has 10 heteroatoms. The van der Waals surface area contributed by atoms with Gasteiger partial charge in [0.2, 0.25) is 5.91 Å². The Morgan fingerprint density at radius 3 is 2.68 bits per heavy atom. The predicted molar refractivity (Wildman–Crippen MR) is 143 cm³/mol. The molecule has 0 radical (unpaired) electrons. The van der Waals surface area contributed by atoms with Gasteiger partial charge in [-0.1, -0.05) is 30.1 Å². The Bertz CT molecular complexity index is 1570. The van der Waals surface area contributed by atoms with Gasteiger partial charge in [0, 0.05) is 52.3 Å². The number of azide groups is 1. The average Bonchev–Trinajstić information content (AvgIpc) is 3.61. The highest BCUT2D eigenvalue weighted by Gasteiger charge is 2.54. The zero-order chi connectivity index (χ0) is 26.8. The molecule has 0 aromatic heterocycles. The number of allylic oxidation sites excluding steroid dienone is 2. The van der Waals surface area contributed by atoms with E-state index in [1.165, 1.54) is 0 Å². The number of nitrogens with one attached hydrogen (secondary N) is 2. The van der Waals surface area contributed by atoms with Gasteiger partial charge in [0.15, 0.2) is 0 Å². The van der Waals surface area contributed by atoms with Gasteiger partial charge in [-0.2, -0.15) is 0 Å². The van der Waals surface area contributed by atoms with Crippen LogP contribution in [0.5, 0.6) is 0 Å². The number of rotatable bonds is 10. The number of nitrogens with two attached hydrogens (primary N) is 1. The smallest absolute Gasteiger partial charge is 0.335 e. The Balaban J connectivity index is 1.41. The Kier molecular flexibility index (Phi) is 6.89. The van der Waals surface area contributed by atoms with Crippen LogP contribution in [0.15, 0.2) is 63.7 Å². The van der Waals surface area contributed by atoms with Crippen LogP contribution < -0.4 is 16.4 Å². The minimum Gasteiger partial charge on any atom is -0.478 e. The average molecular weight is 513 g/mol. The van der Waals surface area contributed by atoms with E-state index >= 15 is 0 Å². The number of carboxylic acid groups (broad SMARTS) is 1. The third-order valence-electron chi connectivity index (χ3n) is 7.24. The lowest BCUT2D eigenvalue weighted by atomic mass is 9.86. The van der Waals surface area contributed by atoms with Crippen molar-refractivity contribution >= 4 is 34.1 Å². The molecule has 0 bridgehead atoms. The Labute approximate surface area is 218 Å². The number of amides is 1. The number of carboxylic acids is 1. The van der Waals surface area contributed by atoms with Gasteiger partial charge in [-0.25, -0.2) is 4.79 Å². The fourth-order valence-electron chi connectivity index (χ4n) is 5.34. The minimum absolute atomic E-state index is 0.0723.